The summed E-state index contributed by atoms with van der Waals surface area (Å²) in [6, 6.07) is 0. The van der Waals surface area contributed by atoms with Gasteiger partial charge in [-0.2, -0.15) is 0 Å². The van der Waals surface area contributed by atoms with Gasteiger partial charge >= 0.3 is 5.97 Å². The van der Waals surface area contributed by atoms with E-state index in [0.29, 0.717) is 11.6 Å². The molecule has 0 aliphatic heterocycles. The van der Waals surface area contributed by atoms with Crippen LogP contribution in [0.1, 0.15) is 53.6 Å². The summed E-state index contributed by atoms with van der Waals surface area (Å²) in [4.78, 5) is 18.0. The summed E-state index contributed by atoms with van der Waals surface area (Å²) >= 11 is 0. The maximum absolute atomic E-state index is 10.9. The van der Waals surface area contributed by atoms with Crippen molar-refractivity contribution in [1.82, 2.24) is 9.97 Å². The van der Waals surface area contributed by atoms with Crippen LogP contribution in [0.25, 0.3) is 0 Å². The van der Waals surface area contributed by atoms with Gasteiger partial charge in [-0.1, -0.05) is 12.8 Å². The van der Waals surface area contributed by atoms with Gasteiger partial charge in [0.1, 0.15) is 5.82 Å². The molecular formula is C10H15N3O2. The molecule has 4 N–H and O–H groups in total. The first-order chi connectivity index (χ1) is 7.22. The van der Waals surface area contributed by atoms with E-state index in [-0.39, 0.29) is 12.2 Å². The molecule has 0 spiro atoms. The van der Waals surface area contributed by atoms with Gasteiger partial charge in [0.05, 0.1) is 5.69 Å². The fourth-order valence-electron chi connectivity index (χ4n) is 2.15. The van der Waals surface area contributed by atoms with Gasteiger partial charge in [-0.15, -0.1) is 0 Å². The minimum Gasteiger partial charge on any atom is -0.476 e. The predicted molar refractivity (Wildman–Crippen MR) is 54.6 cm³/mol. The standard InChI is InChI=1S/C10H15N3O2/c11-5-7-8(10(14)15)13-9(12-7)6-3-1-2-4-6/h6H,1-5,11H2,(H,12,13)(H,14,15). The summed E-state index contributed by atoms with van der Waals surface area (Å²) in [7, 11) is 0. The van der Waals surface area contributed by atoms with Gasteiger partial charge in [0.2, 0.25) is 0 Å². The van der Waals surface area contributed by atoms with Gasteiger partial charge in [-0.05, 0) is 12.8 Å². The normalized spacial score (nSPS) is 17.1. The zero-order valence-corrected chi connectivity index (χ0v) is 8.49. The molecule has 5 nitrogen and oxygen atoms in total. The molecule has 0 radical (unpaired) electrons. The van der Waals surface area contributed by atoms with Crippen LogP contribution >= 0.6 is 0 Å². The second kappa shape index (κ2) is 4.02. The van der Waals surface area contributed by atoms with Crippen LogP contribution < -0.4 is 5.73 Å². The molecule has 0 unspecified atom stereocenters. The number of nitrogens with two attached hydrogens (primary N) is 1. The highest BCUT2D eigenvalue weighted by Gasteiger charge is 2.23. The van der Waals surface area contributed by atoms with Crippen LogP contribution in [-0.2, 0) is 6.54 Å². The van der Waals surface area contributed by atoms with E-state index in [9.17, 15) is 4.79 Å². The number of carbonyl (C=O) groups is 1. The summed E-state index contributed by atoms with van der Waals surface area (Å²) in [5.41, 5.74) is 6.08. The molecule has 0 amide bonds. The number of aromatic amines is 1. The lowest BCUT2D eigenvalue weighted by Gasteiger charge is -2.02. The number of nitrogens with one attached hydrogen (secondary N) is 1. The van der Waals surface area contributed by atoms with E-state index >= 15 is 0 Å². The first kappa shape index (κ1) is 10.2. The molecule has 0 saturated heterocycles. The Morgan fingerprint density at radius 1 is 1.53 bits per heavy atom. The van der Waals surface area contributed by atoms with Crippen LogP contribution in [0, 0.1) is 0 Å². The van der Waals surface area contributed by atoms with Crippen LogP contribution in [0.4, 0.5) is 0 Å². The molecule has 1 aliphatic carbocycles. The predicted octanol–water partition coefficient (Wildman–Crippen LogP) is 1.22. The Kier molecular flexibility index (Phi) is 2.73. The van der Waals surface area contributed by atoms with Crippen LogP contribution in [0.2, 0.25) is 0 Å². The van der Waals surface area contributed by atoms with Crippen molar-refractivity contribution >= 4 is 5.97 Å². The van der Waals surface area contributed by atoms with Crippen LogP contribution in [-0.4, -0.2) is 21.0 Å². The Balaban J connectivity index is 2.29. The van der Waals surface area contributed by atoms with Gasteiger partial charge in [0.25, 0.3) is 0 Å². The number of carboxylic acids is 1. The van der Waals surface area contributed by atoms with E-state index in [1.165, 1.54) is 12.8 Å². The average Bonchev–Trinajstić information content (AvgIpc) is 2.86. The molecule has 1 aliphatic rings. The molecule has 15 heavy (non-hydrogen) atoms. The first-order valence-corrected chi connectivity index (χ1v) is 5.24. The minimum atomic E-state index is -1.00. The number of hydrogen-bond acceptors (Lipinski definition) is 3. The third-order valence-electron chi connectivity index (χ3n) is 2.95. The molecule has 0 atom stereocenters. The molecule has 82 valence electrons. The van der Waals surface area contributed by atoms with Crippen LogP contribution in [0.3, 0.4) is 0 Å². The average molecular weight is 209 g/mol. The van der Waals surface area contributed by atoms with E-state index < -0.39 is 5.97 Å². The van der Waals surface area contributed by atoms with Gasteiger partial charge in [-0.25, -0.2) is 9.78 Å². The summed E-state index contributed by atoms with van der Waals surface area (Å²) < 4.78 is 0. The molecule has 0 bridgehead atoms. The van der Waals surface area contributed by atoms with Gasteiger partial charge < -0.3 is 15.8 Å². The molecule has 1 aromatic heterocycles. The number of nitrogens with zero attached hydrogens (tertiary/aromatic N) is 1. The van der Waals surface area contributed by atoms with E-state index in [1.807, 2.05) is 0 Å². The fraction of sp³-hybridized carbons (Fsp3) is 0.600. The Bertz CT molecular complexity index is 367. The molecule has 1 aromatic rings. The number of aromatic nitrogens is 2. The Hall–Kier alpha value is -1.36. The number of hydrogen-bond donors (Lipinski definition) is 3. The molecular weight excluding hydrogens is 194 g/mol. The Labute approximate surface area is 87.7 Å². The smallest absolute Gasteiger partial charge is 0.356 e. The topological polar surface area (TPSA) is 92.0 Å². The van der Waals surface area contributed by atoms with Gasteiger partial charge in [0, 0.05) is 12.5 Å². The number of aromatic carboxylic acids is 1. The Morgan fingerprint density at radius 3 is 2.67 bits per heavy atom. The highest BCUT2D eigenvalue weighted by Crippen LogP contribution is 2.32. The molecule has 1 fully saturated rings. The summed E-state index contributed by atoms with van der Waals surface area (Å²) in [5, 5.41) is 8.91. The maximum Gasteiger partial charge on any atom is 0.356 e. The van der Waals surface area contributed by atoms with Crippen molar-refractivity contribution in [3.05, 3.63) is 17.2 Å². The fourth-order valence-corrected chi connectivity index (χ4v) is 2.15. The zero-order valence-electron chi connectivity index (χ0n) is 8.49. The van der Waals surface area contributed by atoms with Crippen molar-refractivity contribution in [2.24, 2.45) is 5.73 Å². The second-order valence-electron chi connectivity index (χ2n) is 3.94. The third kappa shape index (κ3) is 1.87. The van der Waals surface area contributed by atoms with Crippen molar-refractivity contribution in [2.75, 3.05) is 0 Å². The highest BCUT2D eigenvalue weighted by molar-refractivity contribution is 5.86. The molecule has 1 saturated carbocycles. The lowest BCUT2D eigenvalue weighted by atomic mass is 10.1. The van der Waals surface area contributed by atoms with Crippen molar-refractivity contribution in [2.45, 2.75) is 38.1 Å². The maximum atomic E-state index is 10.9. The molecule has 5 heteroatoms. The summed E-state index contributed by atoms with van der Waals surface area (Å²) in [5.74, 6) is 0.185. The van der Waals surface area contributed by atoms with E-state index in [4.69, 9.17) is 10.8 Å². The second-order valence-corrected chi connectivity index (χ2v) is 3.94. The van der Waals surface area contributed by atoms with Crippen molar-refractivity contribution < 1.29 is 9.90 Å². The van der Waals surface area contributed by atoms with E-state index in [0.717, 1.165) is 18.7 Å². The van der Waals surface area contributed by atoms with Gasteiger partial charge in [-0.3, -0.25) is 0 Å². The number of imidazole rings is 1. The summed E-state index contributed by atoms with van der Waals surface area (Å²) in [6.07, 6.45) is 4.59. The molecule has 1 heterocycles. The van der Waals surface area contributed by atoms with E-state index in [1.54, 1.807) is 0 Å². The summed E-state index contributed by atoms with van der Waals surface area (Å²) in [6.45, 7) is 0.196. The van der Waals surface area contributed by atoms with E-state index in [2.05, 4.69) is 9.97 Å². The third-order valence-corrected chi connectivity index (χ3v) is 2.95. The van der Waals surface area contributed by atoms with Crippen molar-refractivity contribution in [3.8, 4) is 0 Å². The van der Waals surface area contributed by atoms with Crippen molar-refractivity contribution in [3.63, 3.8) is 0 Å². The number of H-pyrrole nitrogens is 1. The SMILES string of the molecule is NCc1[nH]c(C2CCCC2)nc1C(=O)O. The molecule has 2 rings (SSSR count). The highest BCUT2D eigenvalue weighted by atomic mass is 16.4. The lowest BCUT2D eigenvalue weighted by molar-refractivity contribution is 0.0689. The molecule has 0 aromatic carbocycles. The monoisotopic (exact) mass is 209 g/mol. The minimum absolute atomic E-state index is 0.0828. The number of carboxylic acid groups (broad SMARTS) is 1. The number of rotatable bonds is 3. The quantitative estimate of drug-likeness (QED) is 0.698. The zero-order chi connectivity index (χ0) is 10.8. The van der Waals surface area contributed by atoms with Crippen LogP contribution in [0.15, 0.2) is 0 Å². The van der Waals surface area contributed by atoms with Crippen LogP contribution in [0.5, 0.6) is 0 Å². The largest absolute Gasteiger partial charge is 0.476 e. The first-order valence-electron chi connectivity index (χ1n) is 5.24. The lowest BCUT2D eigenvalue weighted by Crippen LogP contribution is -2.06. The van der Waals surface area contributed by atoms with Crippen molar-refractivity contribution in [1.29, 1.82) is 0 Å². The van der Waals surface area contributed by atoms with Gasteiger partial charge in [0.15, 0.2) is 5.69 Å². The Morgan fingerprint density at radius 2 is 2.20 bits per heavy atom.